The standard InChI is InChI=1S/C23H29N5O/c1-17(2)15-21-26-20-9-6-12-24-22(20)28(21)19-10-13-27(14-11-19)23(29)25-16-18-7-4-3-5-8-18/h3-9,12,17,19H,10-11,13-16H2,1-2H3,(H,25,29). The Labute approximate surface area is 172 Å². The third-order valence-corrected chi connectivity index (χ3v) is 5.52. The van der Waals surface area contributed by atoms with Gasteiger partial charge in [-0.1, -0.05) is 44.2 Å². The summed E-state index contributed by atoms with van der Waals surface area (Å²) in [5.74, 6) is 1.65. The molecule has 3 aromatic rings. The number of hydrogen-bond donors (Lipinski definition) is 1. The number of amides is 2. The van der Waals surface area contributed by atoms with Gasteiger partial charge in [-0.3, -0.25) is 0 Å². The van der Waals surface area contributed by atoms with Crippen LogP contribution in [0.4, 0.5) is 4.79 Å². The number of benzene rings is 1. The number of nitrogens with zero attached hydrogens (tertiary/aromatic N) is 4. The fourth-order valence-corrected chi connectivity index (χ4v) is 4.08. The summed E-state index contributed by atoms with van der Waals surface area (Å²) in [4.78, 5) is 24.0. The first-order chi connectivity index (χ1) is 14.1. The number of imidazole rings is 1. The van der Waals surface area contributed by atoms with E-state index >= 15 is 0 Å². The second kappa shape index (κ2) is 8.64. The van der Waals surface area contributed by atoms with Crippen molar-refractivity contribution >= 4 is 17.2 Å². The first kappa shape index (κ1) is 19.4. The SMILES string of the molecule is CC(C)Cc1nc2cccnc2n1C1CCN(C(=O)NCc2ccccc2)CC1. The number of piperidine rings is 1. The van der Waals surface area contributed by atoms with E-state index in [0.29, 0.717) is 18.5 Å². The molecule has 4 rings (SSSR count). The molecule has 152 valence electrons. The van der Waals surface area contributed by atoms with Gasteiger partial charge in [-0.05, 0) is 36.5 Å². The average molecular weight is 392 g/mol. The van der Waals surface area contributed by atoms with Crippen LogP contribution in [0.25, 0.3) is 11.2 Å². The molecule has 6 heteroatoms. The van der Waals surface area contributed by atoms with Crippen molar-refractivity contribution in [1.29, 1.82) is 0 Å². The molecule has 1 saturated heterocycles. The number of urea groups is 1. The van der Waals surface area contributed by atoms with Gasteiger partial charge in [0.2, 0.25) is 0 Å². The van der Waals surface area contributed by atoms with Crippen LogP contribution in [0.3, 0.4) is 0 Å². The molecule has 0 bridgehead atoms. The Morgan fingerprint density at radius 3 is 2.62 bits per heavy atom. The number of nitrogens with one attached hydrogen (secondary N) is 1. The smallest absolute Gasteiger partial charge is 0.317 e. The van der Waals surface area contributed by atoms with Crippen LogP contribution >= 0.6 is 0 Å². The summed E-state index contributed by atoms with van der Waals surface area (Å²) in [6.07, 6.45) is 4.62. The molecule has 1 fully saturated rings. The molecular weight excluding hydrogens is 362 g/mol. The number of pyridine rings is 1. The first-order valence-corrected chi connectivity index (χ1v) is 10.5. The van der Waals surface area contributed by atoms with Gasteiger partial charge in [0, 0.05) is 38.3 Å². The zero-order chi connectivity index (χ0) is 20.2. The van der Waals surface area contributed by atoms with Gasteiger partial charge in [0.1, 0.15) is 11.3 Å². The van der Waals surface area contributed by atoms with Crippen molar-refractivity contribution in [1.82, 2.24) is 24.8 Å². The number of rotatable bonds is 5. The molecule has 29 heavy (non-hydrogen) atoms. The number of aromatic nitrogens is 3. The summed E-state index contributed by atoms with van der Waals surface area (Å²) in [7, 11) is 0. The van der Waals surface area contributed by atoms with Crippen molar-refractivity contribution in [2.75, 3.05) is 13.1 Å². The van der Waals surface area contributed by atoms with Crippen LogP contribution < -0.4 is 5.32 Å². The van der Waals surface area contributed by atoms with Crippen molar-refractivity contribution in [2.24, 2.45) is 5.92 Å². The highest BCUT2D eigenvalue weighted by Gasteiger charge is 2.27. The summed E-state index contributed by atoms with van der Waals surface area (Å²) >= 11 is 0. The molecule has 2 amide bonds. The van der Waals surface area contributed by atoms with Gasteiger partial charge in [-0.15, -0.1) is 0 Å². The van der Waals surface area contributed by atoms with Crippen molar-refractivity contribution in [3.8, 4) is 0 Å². The van der Waals surface area contributed by atoms with Gasteiger partial charge in [0.15, 0.2) is 5.65 Å². The first-order valence-electron chi connectivity index (χ1n) is 10.5. The quantitative estimate of drug-likeness (QED) is 0.710. The molecule has 0 radical (unpaired) electrons. The van der Waals surface area contributed by atoms with Gasteiger partial charge in [0.05, 0.1) is 0 Å². The van der Waals surface area contributed by atoms with E-state index in [9.17, 15) is 4.79 Å². The predicted molar refractivity (Wildman–Crippen MR) is 115 cm³/mol. The summed E-state index contributed by atoms with van der Waals surface area (Å²) in [5.41, 5.74) is 3.05. The van der Waals surface area contributed by atoms with E-state index in [4.69, 9.17) is 4.98 Å². The number of carbonyl (C=O) groups is 1. The van der Waals surface area contributed by atoms with Crippen LogP contribution in [-0.2, 0) is 13.0 Å². The topological polar surface area (TPSA) is 63.1 Å². The van der Waals surface area contributed by atoms with Gasteiger partial charge >= 0.3 is 6.03 Å². The Morgan fingerprint density at radius 2 is 1.90 bits per heavy atom. The molecule has 2 aromatic heterocycles. The molecule has 0 atom stereocenters. The molecule has 0 unspecified atom stereocenters. The molecule has 1 aliphatic rings. The minimum absolute atomic E-state index is 0.0170. The van der Waals surface area contributed by atoms with Gasteiger partial charge in [0.25, 0.3) is 0 Å². The maximum atomic E-state index is 12.6. The molecule has 0 spiro atoms. The molecule has 1 aromatic carbocycles. The van der Waals surface area contributed by atoms with Crippen molar-refractivity contribution in [3.63, 3.8) is 0 Å². The van der Waals surface area contributed by atoms with Crippen LogP contribution in [0.15, 0.2) is 48.7 Å². The third-order valence-electron chi connectivity index (χ3n) is 5.52. The van der Waals surface area contributed by atoms with Gasteiger partial charge in [-0.2, -0.15) is 0 Å². The van der Waals surface area contributed by atoms with E-state index in [2.05, 4.69) is 28.7 Å². The molecule has 0 saturated carbocycles. The fourth-order valence-electron chi connectivity index (χ4n) is 4.08. The van der Waals surface area contributed by atoms with E-state index in [1.165, 1.54) is 0 Å². The lowest BCUT2D eigenvalue weighted by Crippen LogP contribution is -2.44. The largest absolute Gasteiger partial charge is 0.334 e. The summed E-state index contributed by atoms with van der Waals surface area (Å²) in [6.45, 7) is 6.50. The van der Waals surface area contributed by atoms with Crippen molar-refractivity contribution in [3.05, 3.63) is 60.0 Å². The zero-order valence-electron chi connectivity index (χ0n) is 17.2. The highest BCUT2D eigenvalue weighted by atomic mass is 16.2. The van der Waals surface area contributed by atoms with E-state index in [-0.39, 0.29) is 6.03 Å². The highest BCUT2D eigenvalue weighted by Crippen LogP contribution is 2.29. The van der Waals surface area contributed by atoms with E-state index in [0.717, 1.165) is 54.9 Å². The molecule has 3 heterocycles. The van der Waals surface area contributed by atoms with Crippen LogP contribution in [0.2, 0.25) is 0 Å². The molecule has 6 nitrogen and oxygen atoms in total. The van der Waals surface area contributed by atoms with Crippen molar-refractivity contribution < 1.29 is 4.79 Å². The van der Waals surface area contributed by atoms with Gasteiger partial charge in [-0.25, -0.2) is 14.8 Å². The lowest BCUT2D eigenvalue weighted by molar-refractivity contribution is 0.171. The number of hydrogen-bond acceptors (Lipinski definition) is 3. The lowest BCUT2D eigenvalue weighted by Gasteiger charge is -2.33. The van der Waals surface area contributed by atoms with Crippen LogP contribution in [0.1, 0.15) is 44.1 Å². The Morgan fingerprint density at radius 1 is 1.14 bits per heavy atom. The molecule has 0 aliphatic carbocycles. The van der Waals surface area contributed by atoms with Gasteiger partial charge < -0.3 is 14.8 Å². The molecule has 1 aliphatic heterocycles. The van der Waals surface area contributed by atoms with E-state index in [1.807, 2.05) is 53.6 Å². The monoisotopic (exact) mass is 391 g/mol. The number of likely N-dealkylation sites (tertiary alicyclic amines) is 1. The molecule has 1 N–H and O–H groups in total. The summed E-state index contributed by atoms with van der Waals surface area (Å²) in [5, 5.41) is 3.04. The van der Waals surface area contributed by atoms with E-state index in [1.54, 1.807) is 0 Å². The minimum Gasteiger partial charge on any atom is -0.334 e. The maximum absolute atomic E-state index is 12.6. The third kappa shape index (κ3) is 4.42. The lowest BCUT2D eigenvalue weighted by atomic mass is 10.0. The maximum Gasteiger partial charge on any atom is 0.317 e. The van der Waals surface area contributed by atoms with Crippen molar-refractivity contribution in [2.45, 2.75) is 45.7 Å². The number of carbonyl (C=O) groups excluding carboxylic acids is 1. The second-order valence-corrected chi connectivity index (χ2v) is 8.20. The Kier molecular flexibility index (Phi) is 5.79. The highest BCUT2D eigenvalue weighted by molar-refractivity contribution is 5.74. The Hall–Kier alpha value is -2.89. The zero-order valence-corrected chi connectivity index (χ0v) is 17.2. The van der Waals surface area contributed by atoms with E-state index < -0.39 is 0 Å². The minimum atomic E-state index is 0.0170. The molecular formula is C23H29N5O. The predicted octanol–water partition coefficient (Wildman–Crippen LogP) is 4.18. The Bertz CT molecular complexity index is 958. The average Bonchev–Trinajstić information content (AvgIpc) is 3.10. The van der Waals surface area contributed by atoms with Crippen LogP contribution in [-0.4, -0.2) is 38.6 Å². The normalized spacial score (nSPS) is 15.2. The fraction of sp³-hybridized carbons (Fsp3) is 0.435. The van der Waals surface area contributed by atoms with Crippen LogP contribution in [0.5, 0.6) is 0 Å². The number of fused-ring (bicyclic) bond motifs is 1. The summed E-state index contributed by atoms with van der Waals surface area (Å²) < 4.78 is 2.33. The second-order valence-electron chi connectivity index (χ2n) is 8.20. The van der Waals surface area contributed by atoms with Crippen LogP contribution in [0, 0.1) is 5.92 Å². The Balaban J connectivity index is 1.42. The summed E-state index contributed by atoms with van der Waals surface area (Å²) in [6, 6.07) is 14.4.